The first-order valence-corrected chi connectivity index (χ1v) is 17.8. The molecule has 11 heteroatoms. The monoisotopic (exact) mass is 628 g/mol. The summed E-state index contributed by atoms with van der Waals surface area (Å²) in [7, 11) is 1.08. The van der Waals surface area contributed by atoms with E-state index >= 15 is 0 Å². The largest absolute Gasteiger partial charge is 0.465 e. The molecule has 1 N–H and O–H groups in total. The van der Waals surface area contributed by atoms with Crippen molar-refractivity contribution in [2.24, 2.45) is 46.3 Å². The maximum Gasteiger partial charge on any atom is 0.320 e. The third-order valence-electron chi connectivity index (χ3n) is 9.17. The van der Waals surface area contributed by atoms with E-state index in [0.717, 1.165) is 66.2 Å². The highest BCUT2D eigenvalue weighted by atomic mass is 31.1. The van der Waals surface area contributed by atoms with Gasteiger partial charge in [-0.15, -0.1) is 8.58 Å². The van der Waals surface area contributed by atoms with Gasteiger partial charge in [0.15, 0.2) is 11.8 Å². The SMILES string of the molecule is CCOC(=O)C(C(=O)OCC)C1CC2(CC(C=O)C2)C1.CCOC(=O)C(C(=O)OCC)C1CC2(CC(CO)C2)C1.CPC. The summed E-state index contributed by atoms with van der Waals surface area (Å²) in [4.78, 5) is 58.5. The van der Waals surface area contributed by atoms with Crippen molar-refractivity contribution in [3.8, 4) is 0 Å². The van der Waals surface area contributed by atoms with Gasteiger partial charge in [0.05, 0.1) is 26.4 Å². The van der Waals surface area contributed by atoms with Crippen LogP contribution in [0, 0.1) is 46.3 Å². The van der Waals surface area contributed by atoms with E-state index in [9.17, 15) is 24.0 Å². The lowest BCUT2D eigenvalue weighted by molar-refractivity contribution is -0.176. The molecule has 0 aromatic carbocycles. The van der Waals surface area contributed by atoms with Crippen LogP contribution in [0.1, 0.15) is 79.1 Å². The van der Waals surface area contributed by atoms with Crippen molar-refractivity contribution in [3.63, 3.8) is 0 Å². The van der Waals surface area contributed by atoms with Crippen molar-refractivity contribution in [1.29, 1.82) is 0 Å². The van der Waals surface area contributed by atoms with E-state index < -0.39 is 35.7 Å². The minimum atomic E-state index is -0.796. The summed E-state index contributed by atoms with van der Waals surface area (Å²) < 4.78 is 20.0. The van der Waals surface area contributed by atoms with Crippen molar-refractivity contribution in [2.45, 2.75) is 79.1 Å². The quantitative estimate of drug-likeness (QED) is 0.110. The third kappa shape index (κ3) is 9.46. The number of rotatable bonds is 12. The van der Waals surface area contributed by atoms with Gasteiger partial charge in [-0.05, 0) is 121 Å². The van der Waals surface area contributed by atoms with Crippen LogP contribution in [0.5, 0.6) is 0 Å². The molecule has 246 valence electrons. The summed E-state index contributed by atoms with van der Waals surface area (Å²) in [5, 5.41) is 9.08. The molecule has 4 fully saturated rings. The van der Waals surface area contributed by atoms with Crippen molar-refractivity contribution < 1.29 is 48.0 Å². The average Bonchev–Trinajstić information content (AvgIpc) is 2.86. The number of aldehydes is 1. The van der Waals surface area contributed by atoms with E-state index in [1.807, 2.05) is 0 Å². The summed E-state index contributed by atoms with van der Waals surface area (Å²) in [6, 6.07) is 0. The number of hydrogen-bond donors (Lipinski definition) is 1. The van der Waals surface area contributed by atoms with Gasteiger partial charge in [0.1, 0.15) is 6.29 Å². The van der Waals surface area contributed by atoms with E-state index in [4.69, 9.17) is 24.1 Å². The molecule has 4 saturated carbocycles. The van der Waals surface area contributed by atoms with E-state index in [2.05, 4.69) is 13.3 Å². The molecule has 0 unspecified atom stereocenters. The standard InChI is InChI=1S/C15H24O5.C15H22O5.C2H7P/c2*1-3-19-13(17)12(14(18)20-4-2)11-7-15(8-11)5-10(6-15)9-16;1-3-2/h10-12,16H,3-9H2,1-2H3;9-12H,3-8H2,1-2H3;3H,1-2H3. The van der Waals surface area contributed by atoms with Gasteiger partial charge >= 0.3 is 23.9 Å². The van der Waals surface area contributed by atoms with Gasteiger partial charge in [-0.1, -0.05) is 0 Å². The first-order valence-electron chi connectivity index (χ1n) is 15.8. The zero-order valence-corrected chi connectivity index (χ0v) is 27.9. The van der Waals surface area contributed by atoms with Crippen LogP contribution < -0.4 is 0 Å². The lowest BCUT2D eigenvalue weighted by Gasteiger charge is -2.58. The minimum absolute atomic E-state index is 0.000650. The number of carbonyl (C=O) groups is 5. The molecule has 0 saturated heterocycles. The molecule has 4 aliphatic carbocycles. The zero-order chi connectivity index (χ0) is 32.2. The predicted octanol–water partition coefficient (Wildman–Crippen LogP) is 4.19. The molecule has 0 aromatic rings. The van der Waals surface area contributed by atoms with Crippen molar-refractivity contribution >= 4 is 38.7 Å². The first-order chi connectivity index (χ1) is 20.5. The Morgan fingerprint density at radius 1 is 0.674 bits per heavy atom. The Hall–Kier alpha value is -2.06. The molecular formula is C32H53O10P. The van der Waals surface area contributed by atoms with Gasteiger partial charge in [-0.2, -0.15) is 0 Å². The Morgan fingerprint density at radius 3 is 1.23 bits per heavy atom. The smallest absolute Gasteiger partial charge is 0.320 e. The van der Waals surface area contributed by atoms with Crippen LogP contribution in [-0.2, 0) is 42.9 Å². The summed E-state index contributed by atoms with van der Waals surface area (Å²) in [5.74, 6) is -2.82. The Labute approximate surface area is 258 Å². The number of hydrogen-bond acceptors (Lipinski definition) is 10. The summed E-state index contributed by atoms with van der Waals surface area (Å²) in [6.07, 6.45) is 8.19. The second-order valence-electron chi connectivity index (χ2n) is 12.6. The maximum absolute atomic E-state index is 12.0. The Balaban J connectivity index is 0.000000275. The number of esters is 4. The highest BCUT2D eigenvalue weighted by Gasteiger charge is 2.58. The summed E-state index contributed by atoms with van der Waals surface area (Å²) in [6.45, 7) is 12.6. The molecule has 0 amide bonds. The van der Waals surface area contributed by atoms with Crippen LogP contribution in [0.3, 0.4) is 0 Å². The maximum atomic E-state index is 12.0. The molecule has 0 aromatic heterocycles. The lowest BCUT2D eigenvalue weighted by Crippen LogP contribution is -2.53. The van der Waals surface area contributed by atoms with Crippen molar-refractivity contribution in [1.82, 2.24) is 0 Å². The molecular weight excluding hydrogens is 575 g/mol. The second-order valence-corrected chi connectivity index (χ2v) is 13.6. The molecule has 10 nitrogen and oxygen atoms in total. The van der Waals surface area contributed by atoms with Crippen molar-refractivity contribution in [2.75, 3.05) is 46.4 Å². The highest BCUT2D eigenvalue weighted by molar-refractivity contribution is 7.35. The lowest BCUT2D eigenvalue weighted by atomic mass is 9.46. The molecule has 0 heterocycles. The van der Waals surface area contributed by atoms with Crippen molar-refractivity contribution in [3.05, 3.63) is 0 Å². The second kappa shape index (κ2) is 17.4. The molecule has 0 aliphatic heterocycles. The molecule has 2 spiro atoms. The molecule has 0 atom stereocenters. The Morgan fingerprint density at radius 2 is 0.977 bits per heavy atom. The first kappa shape index (κ1) is 37.1. The van der Waals surface area contributed by atoms with Crippen LogP contribution in [0.4, 0.5) is 0 Å². The van der Waals surface area contributed by atoms with Crippen LogP contribution in [0.25, 0.3) is 0 Å². The minimum Gasteiger partial charge on any atom is -0.465 e. The Bertz CT molecular complexity index is 888. The highest BCUT2D eigenvalue weighted by Crippen LogP contribution is 2.63. The van der Waals surface area contributed by atoms with E-state index in [-0.39, 0.29) is 61.6 Å². The van der Waals surface area contributed by atoms with Gasteiger partial charge in [-0.3, -0.25) is 19.2 Å². The number of aliphatic hydroxyl groups excluding tert-OH is 1. The number of aliphatic hydroxyl groups is 1. The third-order valence-corrected chi connectivity index (χ3v) is 9.17. The fraction of sp³-hybridized carbons (Fsp3) is 0.844. The topological polar surface area (TPSA) is 143 Å². The number of carbonyl (C=O) groups excluding carboxylic acids is 5. The predicted molar refractivity (Wildman–Crippen MR) is 163 cm³/mol. The summed E-state index contributed by atoms with van der Waals surface area (Å²) in [5.41, 5.74) is 0.447. The Kier molecular flexibility index (Phi) is 15.1. The normalized spacial score (nSPS) is 29.7. The average molecular weight is 629 g/mol. The van der Waals surface area contributed by atoms with E-state index in [1.54, 1.807) is 27.7 Å². The molecule has 4 rings (SSSR count). The number of ether oxygens (including phenoxy) is 4. The van der Waals surface area contributed by atoms with Gasteiger partial charge in [0.25, 0.3) is 0 Å². The molecule has 43 heavy (non-hydrogen) atoms. The van der Waals surface area contributed by atoms with Gasteiger partial charge in [0.2, 0.25) is 0 Å². The summed E-state index contributed by atoms with van der Waals surface area (Å²) >= 11 is 0. The van der Waals surface area contributed by atoms with E-state index in [0.29, 0.717) is 5.92 Å². The fourth-order valence-electron chi connectivity index (χ4n) is 7.58. The fourth-order valence-corrected chi connectivity index (χ4v) is 7.58. The van der Waals surface area contributed by atoms with Crippen LogP contribution in [-0.4, -0.2) is 81.6 Å². The van der Waals surface area contributed by atoms with Crippen LogP contribution in [0.2, 0.25) is 0 Å². The zero-order valence-electron chi connectivity index (χ0n) is 26.9. The van der Waals surface area contributed by atoms with Gasteiger partial charge in [0, 0.05) is 12.5 Å². The van der Waals surface area contributed by atoms with Gasteiger partial charge in [-0.25, -0.2) is 0 Å². The molecule has 0 bridgehead atoms. The molecule has 0 radical (unpaired) electrons. The van der Waals surface area contributed by atoms with E-state index in [1.165, 1.54) is 0 Å². The van der Waals surface area contributed by atoms with Crippen LogP contribution in [0.15, 0.2) is 0 Å². The van der Waals surface area contributed by atoms with Gasteiger partial charge < -0.3 is 28.8 Å². The molecule has 4 aliphatic rings. The van der Waals surface area contributed by atoms with Crippen LogP contribution >= 0.6 is 8.58 Å².